The van der Waals surface area contributed by atoms with Crippen molar-refractivity contribution in [1.29, 1.82) is 0 Å². The molecule has 5 nitrogen and oxygen atoms in total. The van der Waals surface area contributed by atoms with Gasteiger partial charge in [0, 0.05) is 40.7 Å². The fourth-order valence-corrected chi connectivity index (χ4v) is 4.50. The molecule has 1 saturated heterocycles. The Kier molecular flexibility index (Phi) is 4.45. The third-order valence-corrected chi connectivity index (χ3v) is 5.56. The molecule has 0 aromatic heterocycles. The Morgan fingerprint density at radius 3 is 2.59 bits per heavy atom. The van der Waals surface area contributed by atoms with Crippen molar-refractivity contribution in [2.45, 2.75) is 19.4 Å². The van der Waals surface area contributed by atoms with Gasteiger partial charge in [-0.05, 0) is 36.5 Å². The van der Waals surface area contributed by atoms with Crippen molar-refractivity contribution >= 4 is 43.9 Å². The van der Waals surface area contributed by atoms with Gasteiger partial charge in [0.05, 0.1) is 0 Å². The van der Waals surface area contributed by atoms with Crippen molar-refractivity contribution in [3.05, 3.63) is 32.2 Å². The highest BCUT2D eigenvalue weighted by Crippen LogP contribution is 2.33. The van der Waals surface area contributed by atoms with E-state index in [2.05, 4.69) is 31.9 Å². The number of fused-ring (bicyclic) bond motifs is 1. The predicted molar refractivity (Wildman–Crippen MR) is 88.9 cm³/mol. The average Bonchev–Trinajstić information content (AvgIpc) is 2.77. The molecule has 22 heavy (non-hydrogen) atoms. The van der Waals surface area contributed by atoms with E-state index in [0.29, 0.717) is 32.1 Å². The van der Waals surface area contributed by atoms with Gasteiger partial charge in [0.2, 0.25) is 0 Å². The number of amides is 2. The number of hydrogen-bond acceptors (Lipinski definition) is 2. The molecule has 3 rings (SSSR count). The number of rotatable bonds is 2. The fraction of sp³-hybridized carbons (Fsp3) is 0.467. The minimum absolute atomic E-state index is 0.0673. The second kappa shape index (κ2) is 6.20. The van der Waals surface area contributed by atoms with Gasteiger partial charge in [-0.2, -0.15) is 0 Å². The van der Waals surface area contributed by atoms with E-state index in [1.807, 2.05) is 17.0 Å². The van der Waals surface area contributed by atoms with E-state index < -0.39 is 6.09 Å². The van der Waals surface area contributed by atoms with Crippen molar-refractivity contribution in [3.63, 3.8) is 0 Å². The molecule has 0 spiro atoms. The van der Waals surface area contributed by atoms with Crippen LogP contribution in [0.4, 0.5) is 4.79 Å². The molecular formula is C15H16Br2N2O3. The highest BCUT2D eigenvalue weighted by Gasteiger charge is 2.32. The van der Waals surface area contributed by atoms with E-state index in [1.165, 1.54) is 4.90 Å². The van der Waals surface area contributed by atoms with Gasteiger partial charge in [-0.25, -0.2) is 4.79 Å². The second-order valence-corrected chi connectivity index (χ2v) is 7.58. The largest absolute Gasteiger partial charge is 0.465 e. The van der Waals surface area contributed by atoms with Gasteiger partial charge in [0.15, 0.2) is 0 Å². The summed E-state index contributed by atoms with van der Waals surface area (Å²) in [6.07, 6.45) is 0.783. The van der Waals surface area contributed by atoms with Crippen LogP contribution in [0.25, 0.3) is 0 Å². The van der Waals surface area contributed by atoms with E-state index in [4.69, 9.17) is 5.11 Å². The van der Waals surface area contributed by atoms with Gasteiger partial charge in [0.25, 0.3) is 5.91 Å². The van der Waals surface area contributed by atoms with Crippen molar-refractivity contribution in [3.8, 4) is 0 Å². The molecule has 2 aliphatic heterocycles. The number of hydrogen-bond donors (Lipinski definition) is 1. The van der Waals surface area contributed by atoms with Crippen molar-refractivity contribution in [2.75, 3.05) is 19.6 Å². The summed E-state index contributed by atoms with van der Waals surface area (Å²) in [6, 6.07) is 3.83. The summed E-state index contributed by atoms with van der Waals surface area (Å²) in [5.74, 6) is 0.439. The average molecular weight is 432 g/mol. The molecule has 118 valence electrons. The van der Waals surface area contributed by atoms with Crippen LogP contribution < -0.4 is 0 Å². The Hall–Kier alpha value is -1.08. The highest BCUT2D eigenvalue weighted by molar-refractivity contribution is 9.11. The summed E-state index contributed by atoms with van der Waals surface area (Å²) in [6.45, 7) is 2.45. The highest BCUT2D eigenvalue weighted by atomic mass is 79.9. The van der Waals surface area contributed by atoms with E-state index in [0.717, 1.165) is 32.9 Å². The van der Waals surface area contributed by atoms with E-state index in [1.54, 1.807) is 0 Å². The minimum atomic E-state index is -0.850. The van der Waals surface area contributed by atoms with Crippen LogP contribution in [0.5, 0.6) is 0 Å². The first kappa shape index (κ1) is 15.8. The Labute approximate surface area is 145 Å². The van der Waals surface area contributed by atoms with Crippen LogP contribution in [0.15, 0.2) is 21.1 Å². The molecule has 0 atom stereocenters. The molecule has 0 bridgehead atoms. The van der Waals surface area contributed by atoms with Crippen LogP contribution in [0, 0.1) is 5.92 Å². The first-order valence-electron chi connectivity index (χ1n) is 7.20. The normalized spacial score (nSPS) is 18.7. The van der Waals surface area contributed by atoms with Crippen LogP contribution in [-0.4, -0.2) is 46.5 Å². The summed E-state index contributed by atoms with van der Waals surface area (Å²) in [5, 5.41) is 8.98. The number of halogens is 2. The monoisotopic (exact) mass is 430 g/mol. The molecule has 2 amide bonds. The third kappa shape index (κ3) is 3.01. The summed E-state index contributed by atoms with van der Waals surface area (Å²) in [4.78, 5) is 26.8. The van der Waals surface area contributed by atoms with Gasteiger partial charge < -0.3 is 14.9 Å². The smallest absolute Gasteiger partial charge is 0.407 e. The number of piperidine rings is 1. The molecular weight excluding hydrogens is 416 g/mol. The first-order valence-corrected chi connectivity index (χ1v) is 8.79. The SMILES string of the molecule is O=C(O)N1CCC(CN2Cc3c(Br)cc(Br)cc3C2=O)CC1. The summed E-state index contributed by atoms with van der Waals surface area (Å²) < 4.78 is 1.84. The lowest BCUT2D eigenvalue weighted by Crippen LogP contribution is -2.41. The van der Waals surface area contributed by atoms with Gasteiger partial charge in [-0.1, -0.05) is 31.9 Å². The maximum Gasteiger partial charge on any atom is 0.407 e. The topological polar surface area (TPSA) is 60.9 Å². The maximum atomic E-state index is 12.5. The maximum absolute atomic E-state index is 12.5. The Morgan fingerprint density at radius 1 is 1.27 bits per heavy atom. The first-order chi connectivity index (χ1) is 10.5. The lowest BCUT2D eigenvalue weighted by molar-refractivity contribution is 0.0706. The molecule has 2 aliphatic rings. The van der Waals surface area contributed by atoms with Crippen molar-refractivity contribution in [1.82, 2.24) is 9.80 Å². The molecule has 0 saturated carbocycles. The zero-order chi connectivity index (χ0) is 15.9. The lowest BCUT2D eigenvalue weighted by atomic mass is 9.96. The quantitative estimate of drug-likeness (QED) is 0.778. The number of carbonyl (C=O) groups is 2. The Morgan fingerprint density at radius 2 is 1.95 bits per heavy atom. The van der Waals surface area contributed by atoms with Crippen molar-refractivity contribution in [2.24, 2.45) is 5.92 Å². The lowest BCUT2D eigenvalue weighted by Gasteiger charge is -2.32. The number of nitrogens with zero attached hydrogens (tertiary/aromatic N) is 2. The summed E-state index contributed by atoms with van der Waals surface area (Å²) >= 11 is 6.94. The summed E-state index contributed by atoms with van der Waals surface area (Å²) in [5.41, 5.74) is 1.79. The molecule has 7 heteroatoms. The molecule has 1 N–H and O–H groups in total. The molecule has 0 aliphatic carbocycles. The van der Waals surface area contributed by atoms with Gasteiger partial charge in [-0.15, -0.1) is 0 Å². The van der Waals surface area contributed by atoms with Crippen molar-refractivity contribution < 1.29 is 14.7 Å². The second-order valence-electron chi connectivity index (χ2n) is 5.81. The van der Waals surface area contributed by atoms with Gasteiger partial charge in [0.1, 0.15) is 0 Å². The fourth-order valence-electron chi connectivity index (χ4n) is 3.15. The standard InChI is InChI=1S/C15H16Br2N2O3/c16-10-5-11-12(13(17)6-10)8-19(14(11)20)7-9-1-3-18(4-2-9)15(21)22/h5-6,9H,1-4,7-8H2,(H,21,22). The van der Waals surface area contributed by atoms with E-state index in [9.17, 15) is 9.59 Å². The number of likely N-dealkylation sites (tertiary alicyclic amines) is 1. The third-order valence-electron chi connectivity index (χ3n) is 4.39. The molecule has 0 unspecified atom stereocenters. The number of carbonyl (C=O) groups excluding carboxylic acids is 1. The molecule has 1 fully saturated rings. The van der Waals surface area contributed by atoms with E-state index in [-0.39, 0.29) is 5.91 Å². The van der Waals surface area contributed by atoms with Gasteiger partial charge >= 0.3 is 6.09 Å². The summed E-state index contributed by atoms with van der Waals surface area (Å²) in [7, 11) is 0. The van der Waals surface area contributed by atoms with Crippen LogP contribution in [0.3, 0.4) is 0 Å². The molecule has 2 heterocycles. The molecule has 1 aromatic carbocycles. The predicted octanol–water partition coefficient (Wildman–Crippen LogP) is 3.56. The number of benzene rings is 1. The minimum Gasteiger partial charge on any atom is -0.465 e. The Bertz CT molecular complexity index is 627. The van der Waals surface area contributed by atoms with Crippen LogP contribution >= 0.6 is 31.9 Å². The molecule has 1 aromatic rings. The number of carboxylic acid groups (broad SMARTS) is 1. The van der Waals surface area contributed by atoms with Gasteiger partial charge in [-0.3, -0.25) is 4.79 Å². The molecule has 0 radical (unpaired) electrons. The van der Waals surface area contributed by atoms with Crippen LogP contribution in [0.2, 0.25) is 0 Å². The van der Waals surface area contributed by atoms with Crippen LogP contribution in [-0.2, 0) is 6.54 Å². The zero-order valence-electron chi connectivity index (χ0n) is 11.9. The van der Waals surface area contributed by atoms with Crippen LogP contribution in [0.1, 0.15) is 28.8 Å². The Balaban J connectivity index is 1.65. The zero-order valence-corrected chi connectivity index (χ0v) is 15.1. The van der Waals surface area contributed by atoms with E-state index >= 15 is 0 Å².